The van der Waals surface area contributed by atoms with Gasteiger partial charge in [-0.15, -0.1) is 0 Å². The van der Waals surface area contributed by atoms with Gasteiger partial charge in [-0.25, -0.2) is 0 Å². The quantitative estimate of drug-likeness (QED) is 0.829. The number of likely N-dealkylation sites (tertiary alicyclic amines) is 1. The van der Waals surface area contributed by atoms with Gasteiger partial charge in [0.2, 0.25) is 5.91 Å². The molecule has 0 bridgehead atoms. The molecule has 1 N–H and O–H groups in total. The third-order valence-corrected chi connectivity index (χ3v) is 3.26. The molecule has 0 aromatic heterocycles. The van der Waals surface area contributed by atoms with E-state index in [4.69, 9.17) is 0 Å². The molecule has 96 valence electrons. The van der Waals surface area contributed by atoms with Gasteiger partial charge in [0.25, 0.3) is 0 Å². The lowest BCUT2D eigenvalue weighted by molar-refractivity contribution is -0.112. The first-order valence-corrected chi connectivity index (χ1v) is 6.46. The van der Waals surface area contributed by atoms with Gasteiger partial charge >= 0.3 is 0 Å². The van der Waals surface area contributed by atoms with Crippen molar-refractivity contribution in [2.45, 2.75) is 26.7 Å². The van der Waals surface area contributed by atoms with Gasteiger partial charge in [0.1, 0.15) is 0 Å². The number of hydrogen-bond acceptors (Lipinski definition) is 2. The third kappa shape index (κ3) is 3.36. The molecule has 1 saturated heterocycles. The number of carbonyl (C=O) groups is 1. The molecule has 0 spiro atoms. The summed E-state index contributed by atoms with van der Waals surface area (Å²) < 4.78 is 0. The van der Waals surface area contributed by atoms with Crippen molar-refractivity contribution >= 4 is 11.6 Å². The van der Waals surface area contributed by atoms with E-state index in [0.29, 0.717) is 0 Å². The Kier molecular flexibility index (Phi) is 4.03. The largest absolute Gasteiger partial charge is 0.375 e. The van der Waals surface area contributed by atoms with E-state index in [1.807, 2.05) is 38.1 Å². The number of anilines is 1. The van der Waals surface area contributed by atoms with Crippen molar-refractivity contribution in [2.75, 3.05) is 18.4 Å². The number of aryl methyl sites for hydroxylation is 1. The molecule has 0 unspecified atom stereocenters. The summed E-state index contributed by atoms with van der Waals surface area (Å²) in [5.41, 5.74) is 3.09. The minimum Gasteiger partial charge on any atom is -0.375 e. The zero-order valence-corrected chi connectivity index (χ0v) is 11.1. The average Bonchev–Trinajstić information content (AvgIpc) is 2.85. The van der Waals surface area contributed by atoms with Crippen LogP contribution in [-0.4, -0.2) is 23.9 Å². The first kappa shape index (κ1) is 12.7. The van der Waals surface area contributed by atoms with E-state index in [2.05, 4.69) is 10.2 Å². The lowest BCUT2D eigenvalue weighted by Gasteiger charge is -2.17. The summed E-state index contributed by atoms with van der Waals surface area (Å²) in [6.45, 7) is 6.17. The molecule has 1 aliphatic rings. The fourth-order valence-corrected chi connectivity index (χ4v) is 2.17. The smallest absolute Gasteiger partial charge is 0.250 e. The van der Waals surface area contributed by atoms with Crippen molar-refractivity contribution in [2.24, 2.45) is 0 Å². The van der Waals surface area contributed by atoms with Gasteiger partial charge < -0.3 is 10.2 Å². The molecule has 1 aliphatic heterocycles. The highest BCUT2D eigenvalue weighted by Gasteiger charge is 2.12. The molecule has 1 heterocycles. The minimum absolute atomic E-state index is 0.0525. The van der Waals surface area contributed by atoms with E-state index < -0.39 is 0 Å². The van der Waals surface area contributed by atoms with Crippen LogP contribution in [0.3, 0.4) is 0 Å². The zero-order valence-electron chi connectivity index (χ0n) is 11.1. The van der Waals surface area contributed by atoms with E-state index in [1.165, 1.54) is 18.4 Å². The van der Waals surface area contributed by atoms with Crippen LogP contribution in [0.15, 0.2) is 36.0 Å². The van der Waals surface area contributed by atoms with Gasteiger partial charge in [-0.3, -0.25) is 4.79 Å². The Labute approximate surface area is 108 Å². The van der Waals surface area contributed by atoms with Crippen molar-refractivity contribution in [3.8, 4) is 0 Å². The molecule has 18 heavy (non-hydrogen) atoms. The molecule has 0 aliphatic carbocycles. The summed E-state index contributed by atoms with van der Waals surface area (Å²) in [6, 6.07) is 7.83. The maximum Gasteiger partial charge on any atom is 0.250 e. The second-order valence-corrected chi connectivity index (χ2v) is 4.84. The summed E-state index contributed by atoms with van der Waals surface area (Å²) >= 11 is 0. The van der Waals surface area contributed by atoms with Crippen LogP contribution in [0, 0.1) is 6.92 Å². The lowest BCUT2D eigenvalue weighted by Crippen LogP contribution is -2.19. The molecule has 0 atom stereocenters. The summed E-state index contributed by atoms with van der Waals surface area (Å²) in [5, 5.41) is 2.88. The molecule has 1 amide bonds. The van der Waals surface area contributed by atoms with Gasteiger partial charge in [-0.05, 0) is 38.8 Å². The Hall–Kier alpha value is -1.77. The van der Waals surface area contributed by atoms with Crippen molar-refractivity contribution in [3.05, 3.63) is 41.6 Å². The van der Waals surface area contributed by atoms with Crippen LogP contribution in [-0.2, 0) is 4.79 Å². The standard InChI is InChI=1S/C15H20N2O/c1-12-5-7-14(8-6-12)16-15(18)11-13(2)17-9-3-4-10-17/h5-8,11H,3-4,9-10H2,1-2H3,(H,16,18)/b13-11-. The second kappa shape index (κ2) is 5.71. The predicted octanol–water partition coefficient (Wildman–Crippen LogP) is 2.93. The molecule has 0 radical (unpaired) electrons. The molecule has 3 nitrogen and oxygen atoms in total. The van der Waals surface area contributed by atoms with Crippen molar-refractivity contribution in [1.82, 2.24) is 4.90 Å². The Bertz CT molecular complexity index is 442. The van der Waals surface area contributed by atoms with Crippen molar-refractivity contribution in [3.63, 3.8) is 0 Å². The lowest BCUT2D eigenvalue weighted by atomic mass is 10.2. The normalized spacial score (nSPS) is 15.9. The molecule has 2 rings (SSSR count). The number of carbonyl (C=O) groups excluding carboxylic acids is 1. The summed E-state index contributed by atoms with van der Waals surface area (Å²) in [6.07, 6.45) is 4.14. The van der Waals surface area contributed by atoms with E-state index in [-0.39, 0.29) is 5.91 Å². The molecule has 1 aromatic carbocycles. The zero-order chi connectivity index (χ0) is 13.0. The number of nitrogens with zero attached hydrogens (tertiary/aromatic N) is 1. The Morgan fingerprint density at radius 2 is 1.83 bits per heavy atom. The summed E-state index contributed by atoms with van der Waals surface area (Å²) in [4.78, 5) is 14.1. The summed E-state index contributed by atoms with van der Waals surface area (Å²) in [7, 11) is 0. The van der Waals surface area contributed by atoms with Crippen molar-refractivity contribution < 1.29 is 4.79 Å². The van der Waals surface area contributed by atoms with Gasteiger partial charge in [0.15, 0.2) is 0 Å². The SMILES string of the molecule is C/C(=C/C(=O)Nc1ccc(C)cc1)N1CCCC1. The number of hydrogen-bond donors (Lipinski definition) is 1. The van der Waals surface area contributed by atoms with E-state index in [1.54, 1.807) is 6.08 Å². The Morgan fingerprint density at radius 3 is 2.44 bits per heavy atom. The predicted molar refractivity (Wildman–Crippen MR) is 74.4 cm³/mol. The number of benzene rings is 1. The molecular weight excluding hydrogens is 224 g/mol. The Morgan fingerprint density at radius 1 is 1.22 bits per heavy atom. The molecule has 1 fully saturated rings. The maximum atomic E-state index is 11.9. The van der Waals surface area contributed by atoms with Gasteiger partial charge in [-0.1, -0.05) is 17.7 Å². The second-order valence-electron chi connectivity index (χ2n) is 4.84. The van der Waals surface area contributed by atoms with Gasteiger partial charge in [0, 0.05) is 30.5 Å². The minimum atomic E-state index is -0.0525. The number of allylic oxidation sites excluding steroid dienone is 1. The third-order valence-electron chi connectivity index (χ3n) is 3.26. The monoisotopic (exact) mass is 244 g/mol. The molecule has 0 saturated carbocycles. The van der Waals surface area contributed by atoms with Crippen LogP contribution in [0.5, 0.6) is 0 Å². The fourth-order valence-electron chi connectivity index (χ4n) is 2.17. The van der Waals surface area contributed by atoms with Crippen LogP contribution in [0.4, 0.5) is 5.69 Å². The van der Waals surface area contributed by atoms with E-state index >= 15 is 0 Å². The highest BCUT2D eigenvalue weighted by atomic mass is 16.1. The van der Waals surface area contributed by atoms with Crippen LogP contribution >= 0.6 is 0 Å². The maximum absolute atomic E-state index is 11.9. The Balaban J connectivity index is 1.95. The number of rotatable bonds is 3. The first-order valence-electron chi connectivity index (χ1n) is 6.46. The van der Waals surface area contributed by atoms with Gasteiger partial charge in [0.05, 0.1) is 0 Å². The van der Waals surface area contributed by atoms with Crippen molar-refractivity contribution in [1.29, 1.82) is 0 Å². The molecular formula is C15H20N2O. The number of nitrogens with one attached hydrogen (secondary N) is 1. The van der Waals surface area contributed by atoms with E-state index in [9.17, 15) is 4.79 Å². The van der Waals surface area contributed by atoms with Crippen LogP contribution in [0.1, 0.15) is 25.3 Å². The highest BCUT2D eigenvalue weighted by molar-refractivity contribution is 5.99. The highest BCUT2D eigenvalue weighted by Crippen LogP contribution is 2.14. The van der Waals surface area contributed by atoms with E-state index in [0.717, 1.165) is 24.5 Å². The van der Waals surface area contributed by atoms with Gasteiger partial charge in [-0.2, -0.15) is 0 Å². The first-order chi connectivity index (χ1) is 8.65. The average molecular weight is 244 g/mol. The molecule has 1 aromatic rings. The molecule has 3 heteroatoms. The topological polar surface area (TPSA) is 32.3 Å². The van der Waals surface area contributed by atoms with Crippen LogP contribution in [0.2, 0.25) is 0 Å². The summed E-state index contributed by atoms with van der Waals surface area (Å²) in [5.74, 6) is -0.0525. The van der Waals surface area contributed by atoms with Crippen LogP contribution < -0.4 is 5.32 Å². The van der Waals surface area contributed by atoms with Crippen LogP contribution in [0.25, 0.3) is 0 Å². The number of amides is 1. The fraction of sp³-hybridized carbons (Fsp3) is 0.400.